The number of benzene rings is 2. The smallest absolute Gasteiger partial charge is 0.228 e. The topological polar surface area (TPSA) is 87.8 Å². The van der Waals surface area contributed by atoms with Gasteiger partial charge in [0.15, 0.2) is 28.8 Å². The van der Waals surface area contributed by atoms with Gasteiger partial charge in [-0.25, -0.2) is 14.5 Å². The number of allylic oxidation sites excluding steroid dienone is 2. The summed E-state index contributed by atoms with van der Waals surface area (Å²) in [6.07, 6.45) is 2.70. The normalized spacial score (nSPS) is 18.3. The van der Waals surface area contributed by atoms with Gasteiger partial charge in [0.25, 0.3) is 0 Å². The predicted molar refractivity (Wildman–Crippen MR) is 138 cm³/mol. The average Bonchev–Trinajstić information content (AvgIpc) is 3.31. The number of fused-ring (bicyclic) bond motifs is 3. The van der Waals surface area contributed by atoms with E-state index >= 15 is 0 Å². The van der Waals surface area contributed by atoms with Crippen LogP contribution in [-0.4, -0.2) is 39.6 Å². The van der Waals surface area contributed by atoms with Crippen LogP contribution in [0.1, 0.15) is 49.3 Å². The second kappa shape index (κ2) is 8.44. The zero-order chi connectivity index (χ0) is 25.9. The minimum atomic E-state index is -0.437. The van der Waals surface area contributed by atoms with Gasteiger partial charge in [-0.2, -0.15) is 0 Å². The molecule has 2 aromatic carbocycles. The van der Waals surface area contributed by atoms with Crippen LogP contribution in [0.3, 0.4) is 0 Å². The lowest BCUT2D eigenvalue weighted by molar-refractivity contribution is -0.118. The highest BCUT2D eigenvalue weighted by Gasteiger charge is 2.44. The molecule has 188 valence electrons. The first kappa shape index (κ1) is 23.2. The zero-order valence-corrected chi connectivity index (χ0v) is 21.5. The van der Waals surface area contributed by atoms with E-state index in [-0.39, 0.29) is 11.2 Å². The maximum Gasteiger partial charge on any atom is 0.228 e. The minimum absolute atomic E-state index is 0.0666. The van der Waals surface area contributed by atoms with E-state index in [0.29, 0.717) is 58.6 Å². The van der Waals surface area contributed by atoms with Gasteiger partial charge >= 0.3 is 0 Å². The Balaban J connectivity index is 1.60. The highest BCUT2D eigenvalue weighted by atomic mass is 16.5. The molecule has 0 fully saturated rings. The van der Waals surface area contributed by atoms with Gasteiger partial charge in [-0.05, 0) is 30.0 Å². The minimum Gasteiger partial charge on any atom is -0.493 e. The van der Waals surface area contributed by atoms with Crippen molar-refractivity contribution in [2.45, 2.75) is 39.5 Å². The number of ether oxygens (including phenoxy) is 3. The Morgan fingerprint density at radius 2 is 1.78 bits per heavy atom. The first-order chi connectivity index (χ1) is 17.8. The molecule has 8 heteroatoms. The number of nitrogens with zero attached hydrogens (tertiary/aromatic N) is 4. The van der Waals surface area contributed by atoms with Crippen LogP contribution in [0.15, 0.2) is 60.1 Å². The van der Waals surface area contributed by atoms with Crippen molar-refractivity contribution in [1.82, 2.24) is 19.6 Å². The maximum absolute atomic E-state index is 13.7. The lowest BCUT2D eigenvalue weighted by Crippen LogP contribution is -2.33. The number of carbonyl (C=O) groups is 1. The third-order valence-corrected chi connectivity index (χ3v) is 7.11. The molecule has 2 aromatic heterocycles. The summed E-state index contributed by atoms with van der Waals surface area (Å²) in [4.78, 5) is 23.2. The standard InChI is InChI=1S/C29H28N4O4/c1-16-6-8-17(9-7-16)26-31-27-25-23(18-10-11-20(35-4)21(12-18)36-5)24-19(34)13-29(2,3)14-22(24)37-28(25)30-15-33(27)32-26/h6-12,15,23H,13-14H2,1-5H3/t23-/m0/s1. The number of carbonyl (C=O) groups excluding carboxylic acids is 1. The summed E-state index contributed by atoms with van der Waals surface area (Å²) in [6.45, 7) is 6.21. The van der Waals surface area contributed by atoms with Crippen molar-refractivity contribution >= 4 is 11.4 Å². The van der Waals surface area contributed by atoms with Crippen LogP contribution in [0.2, 0.25) is 0 Å². The van der Waals surface area contributed by atoms with Crippen LogP contribution in [0.25, 0.3) is 17.0 Å². The zero-order valence-electron chi connectivity index (χ0n) is 21.5. The molecule has 0 N–H and O–H groups in total. The Bertz CT molecular complexity index is 1580. The molecule has 3 heterocycles. The van der Waals surface area contributed by atoms with E-state index in [0.717, 1.165) is 16.7 Å². The first-order valence-electron chi connectivity index (χ1n) is 12.3. The van der Waals surface area contributed by atoms with Crippen LogP contribution >= 0.6 is 0 Å². The molecule has 0 spiro atoms. The van der Waals surface area contributed by atoms with E-state index < -0.39 is 5.92 Å². The molecule has 0 unspecified atom stereocenters. The number of aryl methyl sites for hydroxylation is 1. The molecular weight excluding hydrogens is 468 g/mol. The molecule has 0 radical (unpaired) electrons. The number of ketones is 1. The van der Waals surface area contributed by atoms with Crippen molar-refractivity contribution < 1.29 is 19.0 Å². The molecule has 0 saturated heterocycles. The summed E-state index contributed by atoms with van der Waals surface area (Å²) < 4.78 is 19.1. The van der Waals surface area contributed by atoms with Crippen molar-refractivity contribution in [2.24, 2.45) is 5.41 Å². The molecule has 0 amide bonds. The highest BCUT2D eigenvalue weighted by Crippen LogP contribution is 2.51. The molecule has 2 aliphatic rings. The van der Waals surface area contributed by atoms with Gasteiger partial charge < -0.3 is 14.2 Å². The summed E-state index contributed by atoms with van der Waals surface area (Å²) >= 11 is 0. The summed E-state index contributed by atoms with van der Waals surface area (Å²) in [6, 6.07) is 13.8. The fourth-order valence-corrected chi connectivity index (χ4v) is 5.34. The number of rotatable bonds is 4. The summed E-state index contributed by atoms with van der Waals surface area (Å²) in [5.41, 5.74) is 4.69. The van der Waals surface area contributed by atoms with Gasteiger partial charge in [-0.15, -0.1) is 5.10 Å². The Labute approximate surface area is 214 Å². The predicted octanol–water partition coefficient (Wildman–Crippen LogP) is 5.28. The Hall–Kier alpha value is -4.20. The van der Waals surface area contributed by atoms with Gasteiger partial charge in [0.05, 0.1) is 25.7 Å². The third-order valence-electron chi connectivity index (χ3n) is 7.11. The number of aromatic nitrogens is 4. The molecule has 1 aliphatic carbocycles. The molecule has 6 rings (SSSR count). The summed E-state index contributed by atoms with van der Waals surface area (Å²) in [5.74, 6) is 2.52. The third kappa shape index (κ3) is 3.84. The van der Waals surface area contributed by atoms with Gasteiger partial charge in [-0.3, -0.25) is 4.79 Å². The van der Waals surface area contributed by atoms with Crippen molar-refractivity contribution in [3.63, 3.8) is 0 Å². The monoisotopic (exact) mass is 496 g/mol. The number of hydrogen-bond acceptors (Lipinski definition) is 7. The summed E-state index contributed by atoms with van der Waals surface area (Å²) in [5, 5.41) is 4.70. The van der Waals surface area contributed by atoms with Gasteiger partial charge in [0.2, 0.25) is 5.88 Å². The van der Waals surface area contributed by atoms with E-state index in [9.17, 15) is 4.79 Å². The fourth-order valence-electron chi connectivity index (χ4n) is 5.34. The Morgan fingerprint density at radius 1 is 1.03 bits per heavy atom. The van der Waals surface area contributed by atoms with Crippen molar-refractivity contribution in [1.29, 1.82) is 0 Å². The number of methoxy groups -OCH3 is 2. The maximum atomic E-state index is 13.7. The fraction of sp³-hybridized carbons (Fsp3) is 0.310. The van der Waals surface area contributed by atoms with Crippen molar-refractivity contribution in [3.05, 3.63) is 76.8 Å². The van der Waals surface area contributed by atoms with Gasteiger partial charge in [0, 0.05) is 24.0 Å². The molecule has 0 saturated carbocycles. The molecule has 1 atom stereocenters. The van der Waals surface area contributed by atoms with Crippen LogP contribution in [0, 0.1) is 12.3 Å². The van der Waals surface area contributed by atoms with E-state index in [2.05, 4.69) is 18.8 Å². The molecule has 8 nitrogen and oxygen atoms in total. The number of hydrogen-bond donors (Lipinski definition) is 0. The van der Waals surface area contributed by atoms with E-state index in [1.807, 2.05) is 49.4 Å². The Morgan fingerprint density at radius 3 is 2.51 bits per heavy atom. The number of Topliss-reactive ketones (excluding diaryl/α,β-unsaturated/α-hetero) is 1. The van der Waals surface area contributed by atoms with Crippen molar-refractivity contribution in [3.8, 4) is 28.8 Å². The molecule has 1 aliphatic heterocycles. The van der Waals surface area contributed by atoms with Gasteiger partial charge in [0.1, 0.15) is 12.1 Å². The van der Waals surface area contributed by atoms with E-state index in [4.69, 9.17) is 24.3 Å². The van der Waals surface area contributed by atoms with Crippen LogP contribution in [0.5, 0.6) is 17.4 Å². The second-order valence-electron chi connectivity index (χ2n) is 10.5. The molecule has 0 bridgehead atoms. The van der Waals surface area contributed by atoms with Gasteiger partial charge in [-0.1, -0.05) is 49.7 Å². The van der Waals surface area contributed by atoms with Crippen LogP contribution < -0.4 is 14.2 Å². The van der Waals surface area contributed by atoms with E-state index in [1.165, 1.54) is 0 Å². The average molecular weight is 497 g/mol. The van der Waals surface area contributed by atoms with Crippen LogP contribution in [-0.2, 0) is 4.79 Å². The van der Waals surface area contributed by atoms with E-state index in [1.54, 1.807) is 25.1 Å². The quantitative estimate of drug-likeness (QED) is 0.380. The molecule has 4 aromatic rings. The lowest BCUT2D eigenvalue weighted by atomic mass is 9.70. The second-order valence-corrected chi connectivity index (χ2v) is 10.5. The molecular formula is C29H28N4O4. The highest BCUT2D eigenvalue weighted by molar-refractivity contribution is 6.00. The summed E-state index contributed by atoms with van der Waals surface area (Å²) in [7, 11) is 3.20. The molecule has 37 heavy (non-hydrogen) atoms. The Kier molecular flexibility index (Phi) is 5.29. The lowest BCUT2D eigenvalue weighted by Gasteiger charge is -2.37. The largest absolute Gasteiger partial charge is 0.493 e. The SMILES string of the molecule is COc1ccc([C@H]2C3=C(CC(C)(C)CC3=O)Oc3ncn4nc(-c5ccc(C)cc5)nc4c32)cc1OC. The first-order valence-corrected chi connectivity index (χ1v) is 12.3. The van der Waals surface area contributed by atoms with Crippen LogP contribution in [0.4, 0.5) is 0 Å². The van der Waals surface area contributed by atoms with Crippen molar-refractivity contribution in [2.75, 3.05) is 14.2 Å².